The Morgan fingerprint density at radius 1 is 1.29 bits per heavy atom. The van der Waals surface area contributed by atoms with Crippen molar-refractivity contribution in [3.8, 4) is 0 Å². The van der Waals surface area contributed by atoms with Gasteiger partial charge in [-0.3, -0.25) is 4.79 Å². The minimum absolute atomic E-state index is 0.279. The number of nitrogens with zero attached hydrogens (tertiary/aromatic N) is 1. The van der Waals surface area contributed by atoms with E-state index in [4.69, 9.17) is 5.73 Å². The van der Waals surface area contributed by atoms with Crippen LogP contribution in [0.2, 0.25) is 0 Å². The van der Waals surface area contributed by atoms with E-state index in [1.54, 1.807) is 0 Å². The molecule has 1 aromatic carbocycles. The molecule has 0 heterocycles. The summed E-state index contributed by atoms with van der Waals surface area (Å²) in [6.07, 6.45) is 1.65. The van der Waals surface area contributed by atoms with E-state index >= 15 is 0 Å². The maximum atomic E-state index is 11.6. The van der Waals surface area contributed by atoms with Crippen LogP contribution in [0.25, 0.3) is 0 Å². The fourth-order valence-corrected chi connectivity index (χ4v) is 2.66. The average molecular weight is 291 g/mol. The van der Waals surface area contributed by atoms with Gasteiger partial charge in [-0.2, -0.15) is 0 Å². The Morgan fingerprint density at radius 2 is 1.86 bits per heavy atom. The zero-order valence-electron chi connectivity index (χ0n) is 14.0. The van der Waals surface area contributed by atoms with Crippen molar-refractivity contribution in [1.82, 2.24) is 5.32 Å². The molecular formula is C17H29N3O. The van der Waals surface area contributed by atoms with Gasteiger partial charge in [-0.25, -0.2) is 0 Å². The SMILES string of the molecule is CCNC(C)(CCCN(C)c1cc(C)cc(C)c1)C(N)=O. The Bertz CT molecular complexity index is 467. The molecule has 0 bridgehead atoms. The third-order valence-electron chi connectivity index (χ3n) is 3.93. The smallest absolute Gasteiger partial charge is 0.237 e. The molecule has 0 aromatic heterocycles. The molecular weight excluding hydrogens is 262 g/mol. The second-order valence-electron chi connectivity index (χ2n) is 6.10. The number of nitrogens with one attached hydrogen (secondary N) is 1. The first-order chi connectivity index (χ1) is 9.78. The van der Waals surface area contributed by atoms with Crippen molar-refractivity contribution in [2.24, 2.45) is 5.73 Å². The molecule has 4 heteroatoms. The third kappa shape index (κ3) is 5.05. The zero-order valence-corrected chi connectivity index (χ0v) is 14.0. The maximum absolute atomic E-state index is 11.6. The first-order valence-electron chi connectivity index (χ1n) is 7.63. The number of carbonyl (C=O) groups excluding carboxylic acids is 1. The largest absolute Gasteiger partial charge is 0.375 e. The number of primary amides is 1. The van der Waals surface area contributed by atoms with Crippen molar-refractivity contribution in [2.75, 3.05) is 25.0 Å². The van der Waals surface area contributed by atoms with E-state index in [0.717, 1.165) is 25.9 Å². The van der Waals surface area contributed by atoms with Gasteiger partial charge in [0.25, 0.3) is 0 Å². The van der Waals surface area contributed by atoms with Crippen LogP contribution < -0.4 is 16.0 Å². The Hall–Kier alpha value is -1.55. The Morgan fingerprint density at radius 3 is 2.33 bits per heavy atom. The molecule has 0 spiro atoms. The topological polar surface area (TPSA) is 58.4 Å². The molecule has 1 amide bonds. The number of benzene rings is 1. The van der Waals surface area contributed by atoms with E-state index < -0.39 is 5.54 Å². The van der Waals surface area contributed by atoms with E-state index in [2.05, 4.69) is 49.3 Å². The van der Waals surface area contributed by atoms with Crippen LogP contribution in [0.1, 0.15) is 37.8 Å². The highest BCUT2D eigenvalue weighted by molar-refractivity contribution is 5.84. The molecule has 0 aliphatic carbocycles. The van der Waals surface area contributed by atoms with Crippen LogP contribution in [-0.4, -0.2) is 31.6 Å². The van der Waals surface area contributed by atoms with Gasteiger partial charge in [0.1, 0.15) is 0 Å². The van der Waals surface area contributed by atoms with Gasteiger partial charge in [-0.05, 0) is 63.4 Å². The summed E-state index contributed by atoms with van der Waals surface area (Å²) in [6.45, 7) is 9.74. The van der Waals surface area contributed by atoms with Crippen LogP contribution in [0.4, 0.5) is 5.69 Å². The highest BCUT2D eigenvalue weighted by atomic mass is 16.1. The summed E-state index contributed by atoms with van der Waals surface area (Å²) in [5.41, 5.74) is 8.66. The molecule has 1 aromatic rings. The lowest BCUT2D eigenvalue weighted by atomic mass is 9.94. The fourth-order valence-electron chi connectivity index (χ4n) is 2.66. The van der Waals surface area contributed by atoms with Gasteiger partial charge in [0.05, 0.1) is 5.54 Å². The monoisotopic (exact) mass is 291 g/mol. The number of amides is 1. The van der Waals surface area contributed by atoms with Gasteiger partial charge in [-0.1, -0.05) is 13.0 Å². The highest BCUT2D eigenvalue weighted by Crippen LogP contribution is 2.19. The van der Waals surface area contributed by atoms with Gasteiger partial charge < -0.3 is 16.0 Å². The highest BCUT2D eigenvalue weighted by Gasteiger charge is 2.29. The number of rotatable bonds is 8. The van der Waals surface area contributed by atoms with Crippen molar-refractivity contribution in [1.29, 1.82) is 0 Å². The molecule has 1 unspecified atom stereocenters. The van der Waals surface area contributed by atoms with E-state index in [1.807, 2.05) is 13.8 Å². The first kappa shape index (κ1) is 17.5. The van der Waals surface area contributed by atoms with Crippen molar-refractivity contribution in [3.63, 3.8) is 0 Å². The van der Waals surface area contributed by atoms with Crippen LogP contribution in [0.15, 0.2) is 18.2 Å². The number of hydrogen-bond donors (Lipinski definition) is 2. The second kappa shape index (κ2) is 7.46. The molecule has 4 nitrogen and oxygen atoms in total. The Balaban J connectivity index is 2.60. The number of aryl methyl sites for hydroxylation is 2. The van der Waals surface area contributed by atoms with Gasteiger partial charge in [-0.15, -0.1) is 0 Å². The summed E-state index contributed by atoms with van der Waals surface area (Å²) in [4.78, 5) is 13.8. The summed E-state index contributed by atoms with van der Waals surface area (Å²) in [5, 5.41) is 3.20. The maximum Gasteiger partial charge on any atom is 0.237 e. The van der Waals surface area contributed by atoms with Gasteiger partial charge in [0.2, 0.25) is 5.91 Å². The standard InChI is InChI=1S/C17H29N3O/c1-6-19-17(4,16(18)21)8-7-9-20(5)15-11-13(2)10-14(3)12-15/h10-12,19H,6-9H2,1-5H3,(H2,18,21). The minimum atomic E-state index is -0.613. The van der Waals surface area contributed by atoms with Crippen molar-refractivity contribution < 1.29 is 4.79 Å². The number of anilines is 1. The quantitative estimate of drug-likeness (QED) is 0.773. The van der Waals surface area contributed by atoms with Crippen LogP contribution in [-0.2, 0) is 4.79 Å². The van der Waals surface area contributed by atoms with Gasteiger partial charge in [0, 0.05) is 19.3 Å². The van der Waals surface area contributed by atoms with Crippen molar-refractivity contribution in [3.05, 3.63) is 29.3 Å². The van der Waals surface area contributed by atoms with Crippen LogP contribution in [0.5, 0.6) is 0 Å². The normalized spacial score (nSPS) is 13.8. The Kier molecular flexibility index (Phi) is 6.21. The molecule has 118 valence electrons. The predicted molar refractivity (Wildman–Crippen MR) is 89.7 cm³/mol. The van der Waals surface area contributed by atoms with E-state index in [1.165, 1.54) is 16.8 Å². The zero-order chi connectivity index (χ0) is 16.0. The molecule has 0 aliphatic heterocycles. The Labute approximate surface area is 128 Å². The molecule has 0 saturated carbocycles. The van der Waals surface area contributed by atoms with Crippen molar-refractivity contribution in [2.45, 2.75) is 46.1 Å². The van der Waals surface area contributed by atoms with Gasteiger partial charge in [0.15, 0.2) is 0 Å². The first-order valence-corrected chi connectivity index (χ1v) is 7.63. The lowest BCUT2D eigenvalue weighted by Crippen LogP contribution is -2.53. The molecule has 0 fully saturated rings. The summed E-state index contributed by atoms with van der Waals surface area (Å²) in [5.74, 6) is -0.279. The number of nitrogens with two attached hydrogens (primary N) is 1. The number of likely N-dealkylation sites (N-methyl/N-ethyl adjacent to an activating group) is 1. The fraction of sp³-hybridized carbons (Fsp3) is 0.588. The lowest BCUT2D eigenvalue weighted by molar-refractivity contribution is -0.124. The summed E-state index contributed by atoms with van der Waals surface area (Å²) in [6, 6.07) is 6.54. The molecule has 1 atom stereocenters. The summed E-state index contributed by atoms with van der Waals surface area (Å²) >= 11 is 0. The average Bonchev–Trinajstić information content (AvgIpc) is 2.37. The molecule has 0 radical (unpaired) electrons. The van der Waals surface area contributed by atoms with Crippen LogP contribution in [0.3, 0.4) is 0 Å². The van der Waals surface area contributed by atoms with Crippen LogP contribution in [0, 0.1) is 13.8 Å². The van der Waals surface area contributed by atoms with E-state index in [0.29, 0.717) is 0 Å². The third-order valence-corrected chi connectivity index (χ3v) is 3.93. The van der Waals surface area contributed by atoms with E-state index in [-0.39, 0.29) is 5.91 Å². The lowest BCUT2D eigenvalue weighted by Gasteiger charge is -2.28. The minimum Gasteiger partial charge on any atom is -0.375 e. The predicted octanol–water partition coefficient (Wildman–Crippen LogP) is 2.37. The molecule has 1 rings (SSSR count). The molecule has 0 aliphatic rings. The van der Waals surface area contributed by atoms with Crippen LogP contribution >= 0.6 is 0 Å². The molecule has 21 heavy (non-hydrogen) atoms. The molecule has 0 saturated heterocycles. The number of carbonyl (C=O) groups is 1. The van der Waals surface area contributed by atoms with E-state index in [9.17, 15) is 4.79 Å². The molecule has 3 N–H and O–H groups in total. The second-order valence-corrected chi connectivity index (χ2v) is 6.10. The van der Waals surface area contributed by atoms with Gasteiger partial charge >= 0.3 is 0 Å². The summed E-state index contributed by atoms with van der Waals surface area (Å²) in [7, 11) is 2.09. The van der Waals surface area contributed by atoms with Crippen molar-refractivity contribution >= 4 is 11.6 Å². The summed E-state index contributed by atoms with van der Waals surface area (Å²) < 4.78 is 0. The number of hydrogen-bond acceptors (Lipinski definition) is 3.